The maximum absolute atomic E-state index is 9.21. The summed E-state index contributed by atoms with van der Waals surface area (Å²) in [7, 11) is 0. The molecule has 0 heterocycles. The van der Waals surface area contributed by atoms with Gasteiger partial charge < -0.3 is 10.4 Å². The predicted octanol–water partition coefficient (Wildman–Crippen LogP) is 3.58. The van der Waals surface area contributed by atoms with E-state index in [-0.39, 0.29) is 0 Å². The maximum atomic E-state index is 9.21. The first-order chi connectivity index (χ1) is 8.24. The topological polar surface area (TPSA) is 32.3 Å². The van der Waals surface area contributed by atoms with E-state index in [1.54, 1.807) is 12.1 Å². The van der Waals surface area contributed by atoms with Crippen molar-refractivity contribution in [1.29, 1.82) is 0 Å². The number of nitrogens with one attached hydrogen (secondary N) is 1. The van der Waals surface area contributed by atoms with Crippen LogP contribution in [0.2, 0.25) is 0 Å². The molecule has 1 atom stereocenters. The van der Waals surface area contributed by atoms with Gasteiger partial charge in [-0.15, -0.1) is 0 Å². The molecule has 1 unspecified atom stereocenters. The Bertz CT molecular complexity index is 300. The predicted molar refractivity (Wildman–Crippen MR) is 76.8 cm³/mol. The lowest BCUT2D eigenvalue weighted by Gasteiger charge is -2.14. The van der Waals surface area contributed by atoms with E-state index < -0.39 is 0 Å². The molecular formula is C14H23NOS. The number of hydrogen-bond donors (Lipinski definition) is 2. The summed E-state index contributed by atoms with van der Waals surface area (Å²) >= 11 is 1.92. The van der Waals surface area contributed by atoms with Crippen LogP contribution in [0.15, 0.2) is 24.3 Å². The van der Waals surface area contributed by atoms with Crippen LogP contribution < -0.4 is 5.32 Å². The fraction of sp³-hybridized carbons (Fsp3) is 0.571. The standard InChI is InChI=1S/C14H23NOS/c1-12(13-6-8-14(16)9-7-13)15-10-4-3-5-11-17-2/h6-9,12,15-16H,3-5,10-11H2,1-2H3. The van der Waals surface area contributed by atoms with E-state index in [1.165, 1.54) is 30.6 Å². The molecule has 0 saturated heterocycles. The van der Waals surface area contributed by atoms with Crippen molar-refractivity contribution in [2.45, 2.75) is 32.2 Å². The van der Waals surface area contributed by atoms with Gasteiger partial charge in [-0.2, -0.15) is 11.8 Å². The SMILES string of the molecule is CSCCCCCNC(C)c1ccc(O)cc1. The number of hydrogen-bond acceptors (Lipinski definition) is 3. The van der Waals surface area contributed by atoms with Gasteiger partial charge in [-0.1, -0.05) is 18.6 Å². The van der Waals surface area contributed by atoms with E-state index >= 15 is 0 Å². The zero-order valence-corrected chi connectivity index (χ0v) is 11.6. The normalized spacial score (nSPS) is 12.6. The first-order valence-electron chi connectivity index (χ1n) is 6.25. The Morgan fingerprint density at radius 1 is 1.18 bits per heavy atom. The monoisotopic (exact) mass is 253 g/mol. The Kier molecular flexibility index (Phi) is 7.13. The molecule has 0 aromatic heterocycles. The molecule has 0 bridgehead atoms. The summed E-state index contributed by atoms with van der Waals surface area (Å²) in [4.78, 5) is 0. The van der Waals surface area contributed by atoms with Crippen LogP contribution in [0.25, 0.3) is 0 Å². The van der Waals surface area contributed by atoms with Gasteiger partial charge in [0.2, 0.25) is 0 Å². The second kappa shape index (κ2) is 8.43. The van der Waals surface area contributed by atoms with E-state index in [9.17, 15) is 5.11 Å². The van der Waals surface area contributed by atoms with Crippen molar-refractivity contribution >= 4 is 11.8 Å². The van der Waals surface area contributed by atoms with Crippen LogP contribution in [0, 0.1) is 0 Å². The highest BCUT2D eigenvalue weighted by molar-refractivity contribution is 7.98. The highest BCUT2D eigenvalue weighted by Gasteiger charge is 2.03. The first-order valence-corrected chi connectivity index (χ1v) is 7.64. The molecule has 3 heteroatoms. The molecule has 2 nitrogen and oxygen atoms in total. The molecule has 1 aromatic rings. The average molecular weight is 253 g/mol. The molecular weight excluding hydrogens is 230 g/mol. The van der Waals surface area contributed by atoms with Crippen LogP contribution in [0.1, 0.15) is 37.8 Å². The molecule has 1 rings (SSSR count). The van der Waals surface area contributed by atoms with Gasteiger partial charge in [0.25, 0.3) is 0 Å². The lowest BCUT2D eigenvalue weighted by atomic mass is 10.1. The number of phenolic OH excluding ortho intramolecular Hbond substituents is 1. The summed E-state index contributed by atoms with van der Waals surface area (Å²) in [6.07, 6.45) is 6.01. The molecule has 0 radical (unpaired) electrons. The van der Waals surface area contributed by atoms with Crippen molar-refractivity contribution in [2.75, 3.05) is 18.6 Å². The summed E-state index contributed by atoms with van der Waals surface area (Å²) in [6, 6.07) is 7.79. The highest BCUT2D eigenvalue weighted by atomic mass is 32.2. The number of thioether (sulfide) groups is 1. The third-order valence-electron chi connectivity index (χ3n) is 2.87. The minimum atomic E-state index is 0.331. The molecule has 1 aromatic carbocycles. The van der Waals surface area contributed by atoms with Crippen LogP contribution >= 0.6 is 11.8 Å². The lowest BCUT2D eigenvalue weighted by molar-refractivity contribution is 0.474. The van der Waals surface area contributed by atoms with E-state index in [2.05, 4.69) is 18.5 Å². The number of benzene rings is 1. The van der Waals surface area contributed by atoms with Crippen molar-refractivity contribution in [3.05, 3.63) is 29.8 Å². The number of aromatic hydroxyl groups is 1. The van der Waals surface area contributed by atoms with Crippen molar-refractivity contribution in [1.82, 2.24) is 5.32 Å². The first kappa shape index (κ1) is 14.4. The Hall–Kier alpha value is -0.670. The number of phenols is 1. The maximum Gasteiger partial charge on any atom is 0.115 e. The molecule has 0 aliphatic heterocycles. The Morgan fingerprint density at radius 3 is 2.53 bits per heavy atom. The number of unbranched alkanes of at least 4 members (excludes halogenated alkanes) is 2. The zero-order valence-electron chi connectivity index (χ0n) is 10.8. The average Bonchev–Trinajstić information content (AvgIpc) is 2.34. The van der Waals surface area contributed by atoms with E-state index in [0.29, 0.717) is 11.8 Å². The fourth-order valence-electron chi connectivity index (χ4n) is 1.75. The van der Waals surface area contributed by atoms with Gasteiger partial charge in [0.05, 0.1) is 0 Å². The third kappa shape index (κ3) is 5.99. The fourth-order valence-corrected chi connectivity index (χ4v) is 2.24. The molecule has 0 aliphatic carbocycles. The van der Waals surface area contributed by atoms with Crippen LogP contribution in [-0.4, -0.2) is 23.7 Å². The summed E-state index contributed by atoms with van der Waals surface area (Å²) < 4.78 is 0. The molecule has 0 amide bonds. The summed E-state index contributed by atoms with van der Waals surface area (Å²) in [5, 5.41) is 12.7. The van der Waals surface area contributed by atoms with Crippen molar-refractivity contribution in [2.24, 2.45) is 0 Å². The van der Waals surface area contributed by atoms with Crippen molar-refractivity contribution in [3.8, 4) is 5.75 Å². The van der Waals surface area contributed by atoms with Crippen LogP contribution in [0.5, 0.6) is 5.75 Å². The Labute approximate surface area is 109 Å². The molecule has 0 saturated carbocycles. The van der Waals surface area contributed by atoms with Gasteiger partial charge in [-0.05, 0) is 56.0 Å². The van der Waals surface area contributed by atoms with Crippen LogP contribution in [0.4, 0.5) is 0 Å². The van der Waals surface area contributed by atoms with Gasteiger partial charge in [0.15, 0.2) is 0 Å². The van der Waals surface area contributed by atoms with E-state index in [1.807, 2.05) is 23.9 Å². The molecule has 17 heavy (non-hydrogen) atoms. The van der Waals surface area contributed by atoms with Crippen LogP contribution in [-0.2, 0) is 0 Å². The van der Waals surface area contributed by atoms with Gasteiger partial charge in [0, 0.05) is 6.04 Å². The lowest BCUT2D eigenvalue weighted by Crippen LogP contribution is -2.19. The minimum absolute atomic E-state index is 0.331. The van der Waals surface area contributed by atoms with Gasteiger partial charge in [0.1, 0.15) is 5.75 Å². The highest BCUT2D eigenvalue weighted by Crippen LogP contribution is 2.16. The third-order valence-corrected chi connectivity index (χ3v) is 3.57. The molecule has 96 valence electrons. The van der Waals surface area contributed by atoms with Crippen molar-refractivity contribution < 1.29 is 5.11 Å². The molecule has 0 fully saturated rings. The van der Waals surface area contributed by atoms with Gasteiger partial charge in [-0.3, -0.25) is 0 Å². The Balaban J connectivity index is 2.16. The minimum Gasteiger partial charge on any atom is -0.508 e. The quantitative estimate of drug-likeness (QED) is 0.695. The zero-order chi connectivity index (χ0) is 12.5. The van der Waals surface area contributed by atoms with E-state index in [4.69, 9.17) is 0 Å². The van der Waals surface area contributed by atoms with Crippen molar-refractivity contribution in [3.63, 3.8) is 0 Å². The number of rotatable bonds is 8. The summed E-state index contributed by atoms with van der Waals surface area (Å²) in [6.45, 7) is 3.23. The molecule has 0 aliphatic rings. The smallest absolute Gasteiger partial charge is 0.115 e. The Morgan fingerprint density at radius 2 is 1.88 bits per heavy atom. The second-order valence-electron chi connectivity index (χ2n) is 4.32. The van der Waals surface area contributed by atoms with Gasteiger partial charge in [-0.25, -0.2) is 0 Å². The molecule has 2 N–H and O–H groups in total. The molecule has 0 spiro atoms. The second-order valence-corrected chi connectivity index (χ2v) is 5.31. The van der Waals surface area contributed by atoms with Gasteiger partial charge >= 0.3 is 0 Å². The van der Waals surface area contributed by atoms with E-state index in [0.717, 1.165) is 6.54 Å². The summed E-state index contributed by atoms with van der Waals surface area (Å²) in [5.74, 6) is 1.60. The summed E-state index contributed by atoms with van der Waals surface area (Å²) in [5.41, 5.74) is 1.23. The largest absolute Gasteiger partial charge is 0.508 e. The van der Waals surface area contributed by atoms with Crippen LogP contribution in [0.3, 0.4) is 0 Å².